The van der Waals surface area contributed by atoms with E-state index in [1.54, 1.807) is 24.2 Å². The molecule has 3 aromatic rings. The van der Waals surface area contributed by atoms with Crippen molar-refractivity contribution in [2.24, 2.45) is 4.99 Å². The fraction of sp³-hybridized carbons (Fsp3) is 0.222. The summed E-state index contributed by atoms with van der Waals surface area (Å²) in [7, 11) is 1.62. The first-order valence-electron chi connectivity index (χ1n) is 11.3. The van der Waals surface area contributed by atoms with Crippen molar-refractivity contribution in [3.05, 3.63) is 83.9 Å². The highest BCUT2D eigenvalue weighted by molar-refractivity contribution is 6.01. The molecule has 7 nitrogen and oxygen atoms in total. The van der Waals surface area contributed by atoms with Crippen LogP contribution in [0.1, 0.15) is 17.2 Å². The number of methoxy groups -OCH3 is 1. The molecule has 0 radical (unpaired) electrons. The lowest BCUT2D eigenvalue weighted by Gasteiger charge is -2.34. The van der Waals surface area contributed by atoms with E-state index in [4.69, 9.17) is 9.47 Å². The van der Waals surface area contributed by atoms with Gasteiger partial charge in [-0.3, -0.25) is 9.59 Å². The first-order chi connectivity index (χ1) is 16.6. The number of carbonyl (C=O) groups is 2. The minimum Gasteiger partial charge on any atom is -0.497 e. The van der Waals surface area contributed by atoms with Crippen LogP contribution >= 0.6 is 0 Å². The number of amidine groups is 1. The van der Waals surface area contributed by atoms with Crippen molar-refractivity contribution in [3.63, 3.8) is 0 Å². The number of hydrogen-bond acceptors (Lipinski definition) is 5. The van der Waals surface area contributed by atoms with E-state index in [1.807, 2.05) is 71.6 Å². The summed E-state index contributed by atoms with van der Waals surface area (Å²) < 4.78 is 11.2. The van der Waals surface area contributed by atoms with Crippen LogP contribution in [-0.4, -0.2) is 60.9 Å². The van der Waals surface area contributed by atoms with Gasteiger partial charge in [0.15, 0.2) is 0 Å². The molecular weight excluding hydrogens is 430 g/mol. The molecular formula is C27H25N3O4. The summed E-state index contributed by atoms with van der Waals surface area (Å²) in [6.45, 7) is 2.16. The lowest BCUT2D eigenvalue weighted by atomic mass is 10.0. The quantitative estimate of drug-likeness (QED) is 0.562. The van der Waals surface area contributed by atoms with Gasteiger partial charge in [-0.05, 0) is 34.5 Å². The molecule has 0 saturated carbocycles. The van der Waals surface area contributed by atoms with E-state index < -0.39 is 6.10 Å². The Labute approximate surface area is 197 Å². The van der Waals surface area contributed by atoms with Crippen molar-refractivity contribution in [2.75, 3.05) is 33.3 Å². The van der Waals surface area contributed by atoms with E-state index in [-0.39, 0.29) is 11.8 Å². The summed E-state index contributed by atoms with van der Waals surface area (Å²) in [6.07, 6.45) is 2.64. The predicted octanol–water partition coefficient (Wildman–Crippen LogP) is 3.66. The number of piperazine rings is 1. The Bertz CT molecular complexity index is 1270. The monoisotopic (exact) mass is 455 g/mol. The highest BCUT2D eigenvalue weighted by atomic mass is 16.5. The number of carbonyl (C=O) groups excluding carboxylic acids is 2. The van der Waals surface area contributed by atoms with Gasteiger partial charge in [0.25, 0.3) is 11.9 Å². The zero-order valence-electron chi connectivity index (χ0n) is 18.9. The molecule has 1 fully saturated rings. The third-order valence-corrected chi connectivity index (χ3v) is 6.16. The molecule has 0 N–H and O–H groups in total. The first-order valence-corrected chi connectivity index (χ1v) is 11.3. The van der Waals surface area contributed by atoms with E-state index in [0.717, 1.165) is 27.6 Å². The maximum absolute atomic E-state index is 12.7. The standard InChI is InChI=1S/C27H25N3O4/c1-33-21-12-9-19(10-13-21)11-14-24(31)29-15-17-30(18-16-29)27-28-26(32)25(34-27)23-8-4-6-20-5-2-3-7-22(20)23/h2-14,25H,15-18H2,1H3/b14-11+. The van der Waals surface area contributed by atoms with Crippen molar-refractivity contribution >= 4 is 34.7 Å². The average Bonchev–Trinajstić information content (AvgIpc) is 3.28. The molecule has 2 amide bonds. The minimum absolute atomic E-state index is 0.0468. The summed E-state index contributed by atoms with van der Waals surface area (Å²) in [5, 5.41) is 2.04. The number of ether oxygens (including phenoxy) is 2. The Morgan fingerprint density at radius 2 is 1.74 bits per heavy atom. The molecule has 0 bridgehead atoms. The Morgan fingerprint density at radius 3 is 2.50 bits per heavy atom. The van der Waals surface area contributed by atoms with Crippen molar-refractivity contribution in [1.82, 2.24) is 9.80 Å². The minimum atomic E-state index is -0.742. The second-order valence-electron chi connectivity index (χ2n) is 8.22. The van der Waals surface area contributed by atoms with Gasteiger partial charge in [-0.1, -0.05) is 54.6 Å². The van der Waals surface area contributed by atoms with Crippen LogP contribution in [-0.2, 0) is 14.3 Å². The van der Waals surface area contributed by atoms with Gasteiger partial charge >= 0.3 is 0 Å². The highest BCUT2D eigenvalue weighted by Gasteiger charge is 2.35. The molecule has 2 aliphatic rings. The summed E-state index contributed by atoms with van der Waals surface area (Å²) in [6, 6.07) is 21.6. The van der Waals surface area contributed by atoms with Gasteiger partial charge in [0.05, 0.1) is 7.11 Å². The predicted molar refractivity (Wildman–Crippen MR) is 130 cm³/mol. The number of hydrogen-bond donors (Lipinski definition) is 0. The number of aliphatic imine (C=N–C) groups is 1. The molecule has 2 heterocycles. The largest absolute Gasteiger partial charge is 0.497 e. The smallest absolute Gasteiger partial charge is 0.296 e. The van der Waals surface area contributed by atoms with Crippen LogP contribution in [0.3, 0.4) is 0 Å². The van der Waals surface area contributed by atoms with Crippen molar-refractivity contribution in [3.8, 4) is 5.75 Å². The summed E-state index contributed by atoms with van der Waals surface area (Å²) >= 11 is 0. The highest BCUT2D eigenvalue weighted by Crippen LogP contribution is 2.31. The van der Waals surface area contributed by atoms with Crippen molar-refractivity contribution in [1.29, 1.82) is 0 Å². The first kappa shape index (κ1) is 21.7. The second kappa shape index (κ2) is 9.39. The van der Waals surface area contributed by atoms with Gasteiger partial charge in [-0.2, -0.15) is 4.99 Å². The molecule has 5 rings (SSSR count). The van der Waals surface area contributed by atoms with Gasteiger partial charge in [0, 0.05) is 37.8 Å². The van der Waals surface area contributed by atoms with Gasteiger partial charge in [-0.25, -0.2) is 0 Å². The van der Waals surface area contributed by atoms with E-state index in [0.29, 0.717) is 32.2 Å². The lowest BCUT2D eigenvalue weighted by Crippen LogP contribution is -2.50. The fourth-order valence-corrected chi connectivity index (χ4v) is 4.26. The Balaban J connectivity index is 1.19. The molecule has 2 aliphatic heterocycles. The molecule has 0 aliphatic carbocycles. The van der Waals surface area contributed by atoms with Crippen LogP contribution in [0.5, 0.6) is 5.75 Å². The Morgan fingerprint density at radius 1 is 1.00 bits per heavy atom. The molecule has 3 aromatic carbocycles. The van der Waals surface area contributed by atoms with Gasteiger partial charge in [0.2, 0.25) is 12.0 Å². The number of amides is 2. The van der Waals surface area contributed by atoms with Crippen molar-refractivity contribution < 1.29 is 19.1 Å². The number of nitrogens with zero attached hydrogens (tertiary/aromatic N) is 3. The second-order valence-corrected chi connectivity index (χ2v) is 8.22. The molecule has 1 atom stereocenters. The molecule has 1 unspecified atom stereocenters. The molecule has 0 spiro atoms. The van der Waals surface area contributed by atoms with Crippen LogP contribution in [0, 0.1) is 0 Å². The SMILES string of the molecule is COc1ccc(/C=C/C(=O)N2CCN(C3=NC(=O)C(c4cccc5ccccc45)O3)CC2)cc1. The third kappa shape index (κ3) is 4.37. The van der Waals surface area contributed by atoms with E-state index in [2.05, 4.69) is 4.99 Å². The zero-order chi connectivity index (χ0) is 23.5. The van der Waals surface area contributed by atoms with E-state index >= 15 is 0 Å². The number of rotatable bonds is 4. The van der Waals surface area contributed by atoms with Crippen LogP contribution < -0.4 is 4.74 Å². The molecule has 7 heteroatoms. The van der Waals surface area contributed by atoms with Crippen molar-refractivity contribution in [2.45, 2.75) is 6.10 Å². The zero-order valence-corrected chi connectivity index (χ0v) is 18.9. The Hall–Kier alpha value is -4.13. The van der Waals surface area contributed by atoms with Gasteiger partial charge < -0.3 is 19.3 Å². The molecule has 34 heavy (non-hydrogen) atoms. The number of fused-ring (bicyclic) bond motifs is 1. The summed E-state index contributed by atoms with van der Waals surface area (Å²) in [5.74, 6) is 0.430. The topological polar surface area (TPSA) is 71.4 Å². The van der Waals surface area contributed by atoms with Gasteiger partial charge in [-0.15, -0.1) is 0 Å². The number of benzene rings is 3. The average molecular weight is 456 g/mol. The maximum Gasteiger partial charge on any atom is 0.296 e. The van der Waals surface area contributed by atoms with Crippen LogP contribution in [0.15, 0.2) is 77.8 Å². The summed E-state index contributed by atoms with van der Waals surface area (Å²) in [5.41, 5.74) is 1.75. The Kier molecular flexibility index (Phi) is 5.99. The van der Waals surface area contributed by atoms with Crippen LogP contribution in [0.25, 0.3) is 16.8 Å². The maximum atomic E-state index is 12.7. The normalized spacial score (nSPS) is 18.3. The molecule has 172 valence electrons. The lowest BCUT2D eigenvalue weighted by molar-refractivity contribution is -0.127. The van der Waals surface area contributed by atoms with E-state index in [9.17, 15) is 9.59 Å². The van der Waals surface area contributed by atoms with Crippen LogP contribution in [0.2, 0.25) is 0 Å². The van der Waals surface area contributed by atoms with Crippen LogP contribution in [0.4, 0.5) is 0 Å². The summed E-state index contributed by atoms with van der Waals surface area (Å²) in [4.78, 5) is 33.2. The third-order valence-electron chi connectivity index (χ3n) is 6.16. The van der Waals surface area contributed by atoms with Gasteiger partial charge in [0.1, 0.15) is 5.75 Å². The molecule has 0 aromatic heterocycles. The van der Waals surface area contributed by atoms with E-state index in [1.165, 1.54) is 0 Å². The fourth-order valence-electron chi connectivity index (χ4n) is 4.26. The molecule has 1 saturated heterocycles.